The lowest BCUT2D eigenvalue weighted by Gasteiger charge is -2.17. The number of fused-ring (bicyclic) bond motifs is 1. The Morgan fingerprint density at radius 1 is 1.06 bits per heavy atom. The van der Waals surface area contributed by atoms with Crippen molar-refractivity contribution in [1.82, 2.24) is 34.5 Å². The lowest BCUT2D eigenvalue weighted by molar-refractivity contribution is -0.143. The average molecular weight is 498 g/mol. The van der Waals surface area contributed by atoms with Gasteiger partial charge in [-0.05, 0) is 56.7 Å². The van der Waals surface area contributed by atoms with Crippen LogP contribution in [0.15, 0.2) is 42.5 Å². The Kier molecular flexibility index (Phi) is 6.23. The second-order valence-electron chi connectivity index (χ2n) is 9.22. The van der Waals surface area contributed by atoms with Crippen LogP contribution in [-0.4, -0.2) is 53.5 Å². The number of halogens is 3. The molecule has 0 bridgehead atoms. The topological polar surface area (TPSA) is 81.2 Å². The molecule has 0 spiro atoms. The largest absolute Gasteiger partial charge is 0.433 e. The van der Waals surface area contributed by atoms with Gasteiger partial charge in [-0.25, -0.2) is 4.68 Å². The predicted molar refractivity (Wildman–Crippen MR) is 126 cm³/mol. The standard InChI is InChI=1S/C25H26F3N7O/c1-16-20(8-11-23(36)33-13-12-19(15-33)14-18-6-4-3-5-7-18)24(25(26,27)28)35(31-16)22-10-9-21-30-29-17(2)34(21)32-22/h3-7,9-10,19H,8,11-15H2,1-2H3. The first kappa shape index (κ1) is 24.0. The lowest BCUT2D eigenvalue weighted by atomic mass is 9.99. The highest BCUT2D eigenvalue weighted by Crippen LogP contribution is 2.35. The molecule has 1 aliphatic heterocycles. The van der Waals surface area contributed by atoms with Gasteiger partial charge in [-0.2, -0.15) is 22.8 Å². The number of nitrogens with zero attached hydrogens (tertiary/aromatic N) is 7. The summed E-state index contributed by atoms with van der Waals surface area (Å²) in [6, 6.07) is 13.1. The van der Waals surface area contributed by atoms with Crippen LogP contribution in [0.3, 0.4) is 0 Å². The van der Waals surface area contributed by atoms with Gasteiger partial charge in [-0.3, -0.25) is 4.79 Å². The van der Waals surface area contributed by atoms with Gasteiger partial charge in [-0.15, -0.1) is 15.3 Å². The van der Waals surface area contributed by atoms with Gasteiger partial charge in [0, 0.05) is 25.1 Å². The molecule has 1 amide bonds. The van der Waals surface area contributed by atoms with E-state index in [1.165, 1.54) is 23.1 Å². The molecule has 1 atom stereocenters. The van der Waals surface area contributed by atoms with Crippen molar-refractivity contribution in [1.29, 1.82) is 0 Å². The zero-order chi connectivity index (χ0) is 25.4. The zero-order valence-electron chi connectivity index (χ0n) is 20.0. The molecule has 36 heavy (non-hydrogen) atoms. The Hall–Kier alpha value is -3.76. The summed E-state index contributed by atoms with van der Waals surface area (Å²) in [5.41, 5.74) is 0.978. The summed E-state index contributed by atoms with van der Waals surface area (Å²) < 4.78 is 44.8. The Morgan fingerprint density at radius 3 is 2.58 bits per heavy atom. The van der Waals surface area contributed by atoms with Crippen molar-refractivity contribution in [3.05, 3.63) is 70.8 Å². The lowest BCUT2D eigenvalue weighted by Crippen LogP contribution is -2.29. The number of likely N-dealkylation sites (tertiary alicyclic amines) is 1. The van der Waals surface area contributed by atoms with Gasteiger partial charge in [0.15, 0.2) is 23.0 Å². The molecule has 8 nitrogen and oxygen atoms in total. The summed E-state index contributed by atoms with van der Waals surface area (Å²) >= 11 is 0. The number of aromatic nitrogens is 6. The summed E-state index contributed by atoms with van der Waals surface area (Å²) in [6.07, 6.45) is -2.95. The van der Waals surface area contributed by atoms with Crippen LogP contribution in [0.1, 0.15) is 41.2 Å². The molecular weight excluding hydrogens is 471 g/mol. The predicted octanol–water partition coefficient (Wildman–Crippen LogP) is 3.97. The van der Waals surface area contributed by atoms with Crippen molar-refractivity contribution in [2.45, 2.75) is 45.7 Å². The third-order valence-corrected chi connectivity index (χ3v) is 6.67. The second kappa shape index (κ2) is 9.36. The number of rotatable bonds is 6. The van der Waals surface area contributed by atoms with Crippen molar-refractivity contribution in [2.24, 2.45) is 5.92 Å². The van der Waals surface area contributed by atoms with Crippen LogP contribution < -0.4 is 0 Å². The van der Waals surface area contributed by atoms with Crippen molar-refractivity contribution in [3.8, 4) is 5.82 Å². The maximum atomic E-state index is 14.2. The molecule has 11 heteroatoms. The maximum absolute atomic E-state index is 14.2. The fourth-order valence-electron chi connectivity index (χ4n) is 4.88. The van der Waals surface area contributed by atoms with E-state index < -0.39 is 11.9 Å². The van der Waals surface area contributed by atoms with E-state index >= 15 is 0 Å². The van der Waals surface area contributed by atoms with Gasteiger partial charge in [0.05, 0.1) is 5.69 Å². The number of alkyl halides is 3. The first-order valence-corrected chi connectivity index (χ1v) is 11.9. The van der Waals surface area contributed by atoms with E-state index in [-0.39, 0.29) is 35.8 Å². The van der Waals surface area contributed by atoms with Crippen LogP contribution in [0.2, 0.25) is 0 Å². The smallest absolute Gasteiger partial charge is 0.342 e. The van der Waals surface area contributed by atoms with Gasteiger partial charge >= 0.3 is 6.18 Å². The molecular formula is C25H26F3N7O. The molecule has 0 saturated carbocycles. The van der Waals surface area contributed by atoms with Crippen molar-refractivity contribution in [2.75, 3.05) is 13.1 Å². The number of amides is 1. The Balaban J connectivity index is 1.33. The highest BCUT2D eigenvalue weighted by Gasteiger charge is 2.40. The van der Waals surface area contributed by atoms with Crippen LogP contribution in [0.25, 0.3) is 11.5 Å². The van der Waals surface area contributed by atoms with Crippen LogP contribution in [-0.2, 0) is 23.8 Å². The monoisotopic (exact) mass is 497 g/mol. The summed E-state index contributed by atoms with van der Waals surface area (Å²) in [4.78, 5) is 14.7. The fraction of sp³-hybridized carbons (Fsp3) is 0.400. The molecule has 5 rings (SSSR count). The third-order valence-electron chi connectivity index (χ3n) is 6.67. The van der Waals surface area contributed by atoms with E-state index in [1.807, 2.05) is 18.2 Å². The average Bonchev–Trinajstić information content (AvgIpc) is 3.55. The molecule has 4 aromatic rings. The van der Waals surface area contributed by atoms with E-state index in [4.69, 9.17) is 0 Å². The molecule has 1 aromatic carbocycles. The molecule has 0 N–H and O–H groups in total. The number of carbonyl (C=O) groups excluding carboxylic acids is 1. The minimum atomic E-state index is -4.67. The van der Waals surface area contributed by atoms with Crippen molar-refractivity contribution in [3.63, 3.8) is 0 Å². The Bertz CT molecular complexity index is 1390. The second-order valence-corrected chi connectivity index (χ2v) is 9.22. The molecule has 188 valence electrons. The SMILES string of the molecule is Cc1nn(-c2ccc3nnc(C)n3n2)c(C(F)(F)F)c1CCC(=O)N1CCC(Cc2ccccc2)C1. The van der Waals surface area contributed by atoms with E-state index in [1.54, 1.807) is 17.9 Å². The van der Waals surface area contributed by atoms with Crippen molar-refractivity contribution < 1.29 is 18.0 Å². The molecule has 4 heterocycles. The fourth-order valence-corrected chi connectivity index (χ4v) is 4.88. The van der Waals surface area contributed by atoms with E-state index in [9.17, 15) is 18.0 Å². The number of aryl methyl sites for hydroxylation is 2. The number of hydrogen-bond acceptors (Lipinski definition) is 5. The quantitative estimate of drug-likeness (QED) is 0.403. The third kappa shape index (κ3) is 4.69. The molecule has 3 aromatic heterocycles. The minimum absolute atomic E-state index is 0.00157. The molecule has 1 fully saturated rings. The van der Waals surface area contributed by atoms with Gasteiger partial charge in [0.2, 0.25) is 5.91 Å². The number of hydrogen-bond donors (Lipinski definition) is 0. The van der Waals surface area contributed by atoms with Gasteiger partial charge in [0.25, 0.3) is 0 Å². The molecule has 1 saturated heterocycles. The first-order chi connectivity index (χ1) is 17.2. The van der Waals surface area contributed by atoms with Crippen LogP contribution in [0.4, 0.5) is 13.2 Å². The summed E-state index contributed by atoms with van der Waals surface area (Å²) in [6.45, 7) is 4.44. The summed E-state index contributed by atoms with van der Waals surface area (Å²) in [5, 5.41) is 16.2. The summed E-state index contributed by atoms with van der Waals surface area (Å²) in [5.74, 6) is 0.673. The molecule has 0 radical (unpaired) electrons. The van der Waals surface area contributed by atoms with Gasteiger partial charge in [0.1, 0.15) is 0 Å². The van der Waals surface area contributed by atoms with E-state index in [2.05, 4.69) is 32.5 Å². The highest BCUT2D eigenvalue weighted by atomic mass is 19.4. The van der Waals surface area contributed by atoms with Crippen LogP contribution in [0, 0.1) is 19.8 Å². The molecule has 1 unspecified atom stereocenters. The maximum Gasteiger partial charge on any atom is 0.433 e. The Morgan fingerprint density at radius 2 is 1.83 bits per heavy atom. The van der Waals surface area contributed by atoms with E-state index in [0.717, 1.165) is 17.5 Å². The van der Waals surface area contributed by atoms with Crippen LogP contribution in [0.5, 0.6) is 0 Å². The first-order valence-electron chi connectivity index (χ1n) is 11.9. The Labute approximate surface area is 205 Å². The molecule has 0 aliphatic carbocycles. The summed E-state index contributed by atoms with van der Waals surface area (Å²) in [7, 11) is 0. The molecule has 1 aliphatic rings. The number of carbonyl (C=O) groups is 1. The number of benzene rings is 1. The normalized spacial score (nSPS) is 16.2. The minimum Gasteiger partial charge on any atom is -0.342 e. The van der Waals surface area contributed by atoms with Gasteiger partial charge < -0.3 is 4.90 Å². The highest BCUT2D eigenvalue weighted by molar-refractivity contribution is 5.76. The van der Waals surface area contributed by atoms with E-state index in [0.29, 0.717) is 30.5 Å². The zero-order valence-corrected chi connectivity index (χ0v) is 20.0. The van der Waals surface area contributed by atoms with Crippen LogP contribution >= 0.6 is 0 Å². The van der Waals surface area contributed by atoms with Gasteiger partial charge in [-0.1, -0.05) is 30.3 Å². The van der Waals surface area contributed by atoms with Crippen molar-refractivity contribution >= 4 is 11.6 Å².